The molecule has 140 valence electrons. The number of aldehydes is 1. The lowest BCUT2D eigenvalue weighted by Crippen LogP contribution is -2.22. The molecule has 0 unspecified atom stereocenters. The summed E-state index contributed by atoms with van der Waals surface area (Å²) < 4.78 is 11.2. The van der Waals surface area contributed by atoms with Gasteiger partial charge in [-0.3, -0.25) is 4.79 Å². The molecule has 0 saturated heterocycles. The van der Waals surface area contributed by atoms with Gasteiger partial charge in [0.25, 0.3) is 0 Å². The van der Waals surface area contributed by atoms with Gasteiger partial charge in [-0.05, 0) is 29.7 Å². The maximum atomic E-state index is 10.9. The van der Waals surface area contributed by atoms with E-state index in [1.807, 2.05) is 24.3 Å². The molecule has 0 N–H and O–H groups in total. The molecule has 0 spiro atoms. The van der Waals surface area contributed by atoms with E-state index in [1.165, 1.54) is 0 Å². The van der Waals surface area contributed by atoms with Crippen LogP contribution in [-0.2, 0) is 15.9 Å². The van der Waals surface area contributed by atoms with Gasteiger partial charge in [-0.1, -0.05) is 67.6 Å². The Kier molecular flexibility index (Phi) is 8.03. The zero-order valence-electron chi connectivity index (χ0n) is 15.8. The molecule has 26 heavy (non-hydrogen) atoms. The molecule has 0 heterocycles. The molecule has 0 atom stereocenters. The number of hydrogen-bond donors (Lipinski definition) is 0. The number of ether oxygens (including phenoxy) is 2. The topological polar surface area (TPSA) is 35.5 Å². The van der Waals surface area contributed by atoms with Crippen LogP contribution in [0.25, 0.3) is 11.1 Å². The Morgan fingerprint density at radius 3 is 2.42 bits per heavy atom. The number of hydrogen-bond acceptors (Lipinski definition) is 3. The normalized spacial score (nSPS) is 11.5. The third-order valence-corrected chi connectivity index (χ3v) is 6.13. The van der Waals surface area contributed by atoms with Gasteiger partial charge in [0.05, 0.1) is 6.61 Å². The van der Waals surface area contributed by atoms with Crippen molar-refractivity contribution in [3.8, 4) is 11.1 Å². The van der Waals surface area contributed by atoms with E-state index in [4.69, 9.17) is 21.1 Å². The third kappa shape index (κ3) is 6.69. The van der Waals surface area contributed by atoms with E-state index < -0.39 is 8.07 Å². The van der Waals surface area contributed by atoms with E-state index in [9.17, 15) is 4.79 Å². The van der Waals surface area contributed by atoms with Crippen molar-refractivity contribution in [2.24, 2.45) is 0 Å². The molecule has 0 aromatic heterocycles. The summed E-state index contributed by atoms with van der Waals surface area (Å²) in [4.78, 5) is 10.9. The highest BCUT2D eigenvalue weighted by atomic mass is 35.5. The number of halogens is 1. The van der Waals surface area contributed by atoms with Crippen LogP contribution < -0.4 is 0 Å². The fourth-order valence-corrected chi connectivity index (χ4v) is 3.61. The number of carbonyl (C=O) groups is 1. The summed E-state index contributed by atoms with van der Waals surface area (Å²) in [5.74, 6) is 0. The summed E-state index contributed by atoms with van der Waals surface area (Å²) in [5.41, 5.74) is 3.74. The van der Waals surface area contributed by atoms with E-state index in [2.05, 4.69) is 25.7 Å². The molecule has 0 fully saturated rings. The van der Waals surface area contributed by atoms with Crippen LogP contribution in [0.15, 0.2) is 42.5 Å². The quantitative estimate of drug-likeness (QED) is 0.226. The summed E-state index contributed by atoms with van der Waals surface area (Å²) in [6.45, 7) is 8.70. The van der Waals surface area contributed by atoms with Crippen LogP contribution in [0.5, 0.6) is 0 Å². The van der Waals surface area contributed by atoms with Crippen LogP contribution in [0.1, 0.15) is 15.9 Å². The summed E-state index contributed by atoms with van der Waals surface area (Å²) in [7, 11) is -1.05. The number of rotatable bonds is 10. The molecule has 0 saturated carbocycles. The Labute approximate surface area is 162 Å². The van der Waals surface area contributed by atoms with Gasteiger partial charge < -0.3 is 9.47 Å². The highest BCUT2D eigenvalue weighted by molar-refractivity contribution is 6.76. The molecular weight excluding hydrogens is 364 g/mol. The van der Waals surface area contributed by atoms with Crippen molar-refractivity contribution < 1.29 is 14.3 Å². The maximum absolute atomic E-state index is 10.9. The minimum absolute atomic E-state index is 0.335. The van der Waals surface area contributed by atoms with Crippen LogP contribution in [0.2, 0.25) is 30.7 Å². The lowest BCUT2D eigenvalue weighted by atomic mass is 9.97. The zero-order chi connectivity index (χ0) is 19.0. The number of carbonyl (C=O) groups excluding carboxylic acids is 1. The molecule has 0 aliphatic rings. The van der Waals surface area contributed by atoms with E-state index in [1.54, 1.807) is 12.1 Å². The summed E-state index contributed by atoms with van der Waals surface area (Å²) in [6.07, 6.45) is 1.58. The monoisotopic (exact) mass is 390 g/mol. The molecule has 2 aromatic rings. The van der Waals surface area contributed by atoms with E-state index >= 15 is 0 Å². The van der Waals surface area contributed by atoms with Crippen molar-refractivity contribution in [3.05, 3.63) is 58.6 Å². The zero-order valence-corrected chi connectivity index (χ0v) is 17.5. The molecule has 0 aliphatic carbocycles. The van der Waals surface area contributed by atoms with Crippen molar-refractivity contribution in [2.75, 3.05) is 20.0 Å². The second kappa shape index (κ2) is 10.0. The van der Waals surface area contributed by atoms with Crippen molar-refractivity contribution in [1.82, 2.24) is 0 Å². The average molecular weight is 391 g/mol. The lowest BCUT2D eigenvalue weighted by Gasteiger charge is -2.15. The molecule has 0 amide bonds. The van der Waals surface area contributed by atoms with Crippen LogP contribution >= 0.6 is 11.6 Å². The predicted molar refractivity (Wildman–Crippen MR) is 111 cm³/mol. The van der Waals surface area contributed by atoms with Crippen molar-refractivity contribution in [3.63, 3.8) is 0 Å². The molecule has 0 radical (unpaired) electrons. The Morgan fingerprint density at radius 2 is 1.73 bits per heavy atom. The van der Waals surface area contributed by atoms with Gasteiger partial charge >= 0.3 is 0 Å². The number of benzene rings is 2. The van der Waals surface area contributed by atoms with Crippen LogP contribution in [-0.4, -0.2) is 34.4 Å². The fraction of sp³-hybridized carbons (Fsp3) is 0.381. The van der Waals surface area contributed by atoms with Crippen molar-refractivity contribution in [1.29, 1.82) is 0 Å². The smallest absolute Gasteiger partial charge is 0.150 e. The Balaban J connectivity index is 1.90. The Morgan fingerprint density at radius 1 is 1.00 bits per heavy atom. The molecule has 0 aliphatic heterocycles. The molecule has 2 aromatic carbocycles. The SMILES string of the molecule is C[Si](C)(C)CCOCOCCc1ccccc1-c1ccc(C=O)cc1Cl. The maximum Gasteiger partial charge on any atom is 0.150 e. The van der Waals surface area contributed by atoms with E-state index in [-0.39, 0.29) is 0 Å². The average Bonchev–Trinajstić information content (AvgIpc) is 2.60. The van der Waals surface area contributed by atoms with Gasteiger partial charge in [-0.2, -0.15) is 0 Å². The third-order valence-electron chi connectivity index (χ3n) is 4.12. The standard InChI is InChI=1S/C21H27ClO3Si/c1-26(2,3)13-12-25-16-24-11-10-18-6-4-5-7-19(18)20-9-8-17(15-23)14-21(20)22/h4-9,14-15H,10-13,16H2,1-3H3. The van der Waals surface area contributed by atoms with Gasteiger partial charge in [0.15, 0.2) is 0 Å². The molecule has 5 heteroatoms. The molecule has 2 rings (SSSR count). The second-order valence-corrected chi connectivity index (χ2v) is 13.5. The Hall–Kier alpha value is -1.46. The van der Waals surface area contributed by atoms with E-state index in [0.29, 0.717) is 24.0 Å². The summed E-state index contributed by atoms with van der Waals surface area (Å²) in [5, 5.41) is 0.581. The Bertz CT molecular complexity index is 725. The highest BCUT2D eigenvalue weighted by Crippen LogP contribution is 2.31. The first-order valence-electron chi connectivity index (χ1n) is 8.89. The molecule has 0 bridgehead atoms. The summed E-state index contributed by atoms with van der Waals surface area (Å²) >= 11 is 6.36. The largest absolute Gasteiger partial charge is 0.356 e. The van der Waals surface area contributed by atoms with Gasteiger partial charge in [-0.25, -0.2) is 0 Å². The lowest BCUT2D eigenvalue weighted by molar-refractivity contribution is -0.0483. The van der Waals surface area contributed by atoms with Crippen LogP contribution in [0, 0.1) is 0 Å². The first-order valence-corrected chi connectivity index (χ1v) is 13.0. The van der Waals surface area contributed by atoms with Crippen LogP contribution in [0.4, 0.5) is 0 Å². The van der Waals surface area contributed by atoms with Gasteiger partial charge in [0.1, 0.15) is 13.1 Å². The van der Waals surface area contributed by atoms with Crippen molar-refractivity contribution in [2.45, 2.75) is 32.1 Å². The van der Waals surface area contributed by atoms with E-state index in [0.717, 1.165) is 42.0 Å². The first kappa shape index (κ1) is 20.8. The summed E-state index contributed by atoms with van der Waals surface area (Å²) in [6, 6.07) is 14.6. The molecule has 3 nitrogen and oxygen atoms in total. The minimum atomic E-state index is -1.05. The van der Waals surface area contributed by atoms with Crippen LogP contribution in [0.3, 0.4) is 0 Å². The minimum Gasteiger partial charge on any atom is -0.356 e. The second-order valence-electron chi connectivity index (χ2n) is 7.51. The van der Waals surface area contributed by atoms with Gasteiger partial charge in [-0.15, -0.1) is 0 Å². The first-order chi connectivity index (χ1) is 12.4. The molecular formula is C21H27ClO3Si. The van der Waals surface area contributed by atoms with Gasteiger partial charge in [0, 0.05) is 30.8 Å². The van der Waals surface area contributed by atoms with Gasteiger partial charge in [0.2, 0.25) is 0 Å². The predicted octanol–water partition coefficient (Wildman–Crippen LogP) is 5.69. The fourth-order valence-electron chi connectivity index (χ4n) is 2.56. The van der Waals surface area contributed by atoms with Crippen molar-refractivity contribution >= 4 is 26.0 Å². The highest BCUT2D eigenvalue weighted by Gasteiger charge is 2.12.